The number of carbonyl (C=O) groups excluding carboxylic acids is 2. The molecule has 9 heteroatoms. The Morgan fingerprint density at radius 1 is 1.11 bits per heavy atom. The second-order valence-electron chi connectivity index (χ2n) is 6.44. The zero-order valence-corrected chi connectivity index (χ0v) is 15.8. The standard InChI is InChI=1S/C19H15Cl2F3N2O2/c20-13-4-1-10(2-5-13)17(26-18(28)12-8-16(27)25-9-12)11-3-6-15(21)14(7-11)19(22,23)24/h1-7,12,17H,8-9H2,(H,25,27)(H,26,28)/t12?,17-/m1/s1. The molecule has 1 aliphatic rings. The topological polar surface area (TPSA) is 58.2 Å². The molecule has 2 N–H and O–H groups in total. The minimum Gasteiger partial charge on any atom is -0.355 e. The Labute approximate surface area is 169 Å². The Kier molecular flexibility index (Phi) is 5.86. The zero-order valence-electron chi connectivity index (χ0n) is 14.3. The second kappa shape index (κ2) is 8.01. The highest BCUT2D eigenvalue weighted by atomic mass is 35.5. The number of hydrogen-bond donors (Lipinski definition) is 2. The van der Waals surface area contributed by atoms with Crippen LogP contribution in [0.4, 0.5) is 13.2 Å². The molecule has 1 heterocycles. The minimum atomic E-state index is -4.64. The molecule has 2 aromatic carbocycles. The second-order valence-corrected chi connectivity index (χ2v) is 7.28. The van der Waals surface area contributed by atoms with E-state index in [9.17, 15) is 22.8 Å². The lowest BCUT2D eigenvalue weighted by Crippen LogP contribution is -2.35. The predicted molar refractivity (Wildman–Crippen MR) is 99.0 cm³/mol. The van der Waals surface area contributed by atoms with Gasteiger partial charge in [0, 0.05) is 18.0 Å². The van der Waals surface area contributed by atoms with Crippen LogP contribution in [0.25, 0.3) is 0 Å². The highest BCUT2D eigenvalue weighted by molar-refractivity contribution is 6.31. The van der Waals surface area contributed by atoms with E-state index >= 15 is 0 Å². The number of benzene rings is 2. The van der Waals surface area contributed by atoms with Gasteiger partial charge in [-0.3, -0.25) is 9.59 Å². The van der Waals surface area contributed by atoms with Crippen LogP contribution in [0.5, 0.6) is 0 Å². The van der Waals surface area contributed by atoms with Crippen LogP contribution in [0.15, 0.2) is 42.5 Å². The molecular weight excluding hydrogens is 416 g/mol. The van der Waals surface area contributed by atoms with Crippen molar-refractivity contribution in [1.29, 1.82) is 0 Å². The summed E-state index contributed by atoms with van der Waals surface area (Å²) in [6, 6.07) is 9.03. The van der Waals surface area contributed by atoms with Crippen molar-refractivity contribution in [2.75, 3.05) is 6.54 Å². The summed E-state index contributed by atoms with van der Waals surface area (Å²) in [7, 11) is 0. The number of nitrogens with one attached hydrogen (secondary N) is 2. The molecule has 1 unspecified atom stereocenters. The quantitative estimate of drug-likeness (QED) is 0.757. The van der Waals surface area contributed by atoms with Crippen LogP contribution in [-0.4, -0.2) is 18.4 Å². The summed E-state index contributed by atoms with van der Waals surface area (Å²) in [5, 5.41) is 5.33. The van der Waals surface area contributed by atoms with Gasteiger partial charge in [0.2, 0.25) is 11.8 Å². The average Bonchev–Trinajstić information content (AvgIpc) is 3.07. The largest absolute Gasteiger partial charge is 0.417 e. The maximum absolute atomic E-state index is 13.3. The fourth-order valence-corrected chi connectivity index (χ4v) is 3.36. The summed E-state index contributed by atoms with van der Waals surface area (Å²) in [5.74, 6) is -1.26. The first kappa shape index (κ1) is 20.5. The van der Waals surface area contributed by atoms with Gasteiger partial charge >= 0.3 is 6.18 Å². The third kappa shape index (κ3) is 4.59. The Morgan fingerprint density at radius 2 is 1.75 bits per heavy atom. The van der Waals surface area contributed by atoms with E-state index in [4.69, 9.17) is 23.2 Å². The lowest BCUT2D eigenvalue weighted by atomic mass is 9.95. The maximum atomic E-state index is 13.3. The number of carbonyl (C=O) groups is 2. The molecule has 3 rings (SSSR count). The summed E-state index contributed by atoms with van der Waals surface area (Å²) >= 11 is 11.6. The maximum Gasteiger partial charge on any atom is 0.417 e. The Bertz CT molecular complexity index is 901. The van der Waals surface area contributed by atoms with Gasteiger partial charge in [0.15, 0.2) is 0 Å². The molecule has 0 aromatic heterocycles. The number of hydrogen-bond acceptors (Lipinski definition) is 2. The zero-order chi connectivity index (χ0) is 20.5. The molecule has 1 saturated heterocycles. The van der Waals surface area contributed by atoms with Crippen molar-refractivity contribution in [3.63, 3.8) is 0 Å². The third-order valence-corrected chi connectivity index (χ3v) is 5.05. The molecule has 1 fully saturated rings. The van der Waals surface area contributed by atoms with Crippen molar-refractivity contribution in [2.24, 2.45) is 5.92 Å². The van der Waals surface area contributed by atoms with Crippen LogP contribution in [0, 0.1) is 5.92 Å². The van der Waals surface area contributed by atoms with Crippen LogP contribution in [0.2, 0.25) is 10.0 Å². The molecule has 28 heavy (non-hydrogen) atoms. The Balaban J connectivity index is 1.98. The van der Waals surface area contributed by atoms with Crippen molar-refractivity contribution in [3.05, 3.63) is 69.2 Å². The lowest BCUT2D eigenvalue weighted by molar-refractivity contribution is -0.137. The van der Waals surface area contributed by atoms with Gasteiger partial charge in [0.1, 0.15) is 0 Å². The first-order chi connectivity index (χ1) is 13.1. The molecule has 0 bridgehead atoms. The van der Waals surface area contributed by atoms with Gasteiger partial charge in [-0.2, -0.15) is 13.2 Å². The van der Waals surface area contributed by atoms with Gasteiger partial charge in [0.25, 0.3) is 0 Å². The number of halogens is 5. The summed E-state index contributed by atoms with van der Waals surface area (Å²) in [5.41, 5.74) is -0.229. The summed E-state index contributed by atoms with van der Waals surface area (Å²) in [4.78, 5) is 24.0. The summed E-state index contributed by atoms with van der Waals surface area (Å²) in [6.07, 6.45) is -4.60. The molecule has 1 aliphatic heterocycles. The predicted octanol–water partition coefficient (Wildman–Crippen LogP) is 4.35. The van der Waals surface area contributed by atoms with Crippen molar-refractivity contribution >= 4 is 35.0 Å². The van der Waals surface area contributed by atoms with Gasteiger partial charge in [0.05, 0.1) is 22.5 Å². The monoisotopic (exact) mass is 430 g/mol. The van der Waals surface area contributed by atoms with Crippen molar-refractivity contribution in [1.82, 2.24) is 10.6 Å². The highest BCUT2D eigenvalue weighted by Crippen LogP contribution is 2.37. The summed E-state index contributed by atoms with van der Waals surface area (Å²) in [6.45, 7) is 0.187. The first-order valence-corrected chi connectivity index (χ1v) is 9.10. The van der Waals surface area contributed by atoms with E-state index in [1.807, 2.05) is 0 Å². The van der Waals surface area contributed by atoms with Gasteiger partial charge in [-0.15, -0.1) is 0 Å². The highest BCUT2D eigenvalue weighted by Gasteiger charge is 2.35. The van der Waals surface area contributed by atoms with E-state index in [1.54, 1.807) is 24.3 Å². The van der Waals surface area contributed by atoms with Gasteiger partial charge in [-0.05, 0) is 35.4 Å². The van der Waals surface area contributed by atoms with Crippen LogP contribution in [0.3, 0.4) is 0 Å². The van der Waals surface area contributed by atoms with Crippen molar-refractivity contribution < 1.29 is 22.8 Å². The molecule has 2 amide bonds. The molecular formula is C19H15Cl2F3N2O2. The minimum absolute atomic E-state index is 0.0353. The molecule has 2 atom stereocenters. The molecule has 0 radical (unpaired) electrons. The van der Waals surface area contributed by atoms with E-state index in [1.165, 1.54) is 6.07 Å². The van der Waals surface area contributed by atoms with E-state index in [2.05, 4.69) is 10.6 Å². The normalized spacial score (nSPS) is 17.9. The Hall–Kier alpha value is -2.25. The molecule has 4 nitrogen and oxygen atoms in total. The van der Waals surface area contributed by atoms with Crippen LogP contribution in [-0.2, 0) is 15.8 Å². The molecule has 2 aromatic rings. The fraction of sp³-hybridized carbons (Fsp3) is 0.263. The van der Waals surface area contributed by atoms with E-state index in [0.717, 1.165) is 12.1 Å². The average molecular weight is 431 g/mol. The summed E-state index contributed by atoms with van der Waals surface area (Å²) < 4.78 is 39.8. The van der Waals surface area contributed by atoms with E-state index in [0.29, 0.717) is 10.6 Å². The molecule has 0 saturated carbocycles. The molecule has 0 aliphatic carbocycles. The van der Waals surface area contributed by atoms with Crippen LogP contribution < -0.4 is 10.6 Å². The lowest BCUT2D eigenvalue weighted by Gasteiger charge is -2.23. The molecule has 148 valence electrons. The SMILES string of the molecule is O=C1CC(C(=O)N[C@H](c2ccc(Cl)cc2)c2ccc(Cl)c(C(F)(F)F)c2)CN1. The van der Waals surface area contributed by atoms with Gasteiger partial charge in [-0.1, -0.05) is 41.4 Å². The fourth-order valence-electron chi connectivity index (χ4n) is 3.00. The van der Waals surface area contributed by atoms with Crippen LogP contribution >= 0.6 is 23.2 Å². The van der Waals surface area contributed by atoms with E-state index < -0.39 is 34.6 Å². The van der Waals surface area contributed by atoms with Crippen molar-refractivity contribution in [2.45, 2.75) is 18.6 Å². The number of rotatable bonds is 4. The number of alkyl halides is 3. The Morgan fingerprint density at radius 3 is 2.32 bits per heavy atom. The van der Waals surface area contributed by atoms with Crippen LogP contribution in [0.1, 0.15) is 29.2 Å². The molecule has 0 spiro atoms. The number of amides is 2. The first-order valence-electron chi connectivity index (χ1n) is 8.34. The van der Waals surface area contributed by atoms with Gasteiger partial charge in [-0.25, -0.2) is 0 Å². The van der Waals surface area contributed by atoms with Gasteiger partial charge < -0.3 is 10.6 Å². The third-order valence-electron chi connectivity index (χ3n) is 4.47. The smallest absolute Gasteiger partial charge is 0.355 e. The van der Waals surface area contributed by atoms with E-state index in [-0.39, 0.29) is 24.4 Å². The van der Waals surface area contributed by atoms with Crippen molar-refractivity contribution in [3.8, 4) is 0 Å².